The quantitative estimate of drug-likeness (QED) is 0.495. The van der Waals surface area contributed by atoms with Gasteiger partial charge in [-0.2, -0.15) is 5.26 Å². The fraction of sp³-hybridized carbons (Fsp3) is 0.400. The van der Waals surface area contributed by atoms with Crippen LogP contribution in [0.15, 0.2) is 0 Å². The van der Waals surface area contributed by atoms with E-state index in [1.165, 1.54) is 0 Å². The summed E-state index contributed by atoms with van der Waals surface area (Å²) >= 11 is 0. The average molecular weight is 126 g/mol. The minimum Gasteiger partial charge on any atom is -0.357 e. The maximum absolute atomic E-state index is 9.86. The lowest BCUT2D eigenvalue weighted by Gasteiger charge is -1.95. The van der Waals surface area contributed by atoms with E-state index >= 15 is 0 Å². The minimum atomic E-state index is -0.713. The monoisotopic (exact) mass is 126 g/mol. The molecule has 0 saturated carbocycles. The number of nitrogens with one attached hydrogen (secondary N) is 1. The molecule has 0 spiro atoms. The largest absolute Gasteiger partial charge is 0.357 e. The number of aldehydes is 1. The van der Waals surface area contributed by atoms with E-state index in [2.05, 4.69) is 5.32 Å². The van der Waals surface area contributed by atoms with Crippen molar-refractivity contribution >= 4 is 12.7 Å². The summed E-state index contributed by atoms with van der Waals surface area (Å²) in [6.07, 6.45) is 0.949. The normalized spacial score (nSPS) is 11.0. The van der Waals surface area contributed by atoms with Crippen LogP contribution in [0, 0.1) is 17.2 Å². The second-order valence-electron chi connectivity index (χ2n) is 1.40. The van der Waals surface area contributed by atoms with Gasteiger partial charge in [0.25, 0.3) is 0 Å². The van der Waals surface area contributed by atoms with E-state index in [-0.39, 0.29) is 6.54 Å². The summed E-state index contributed by atoms with van der Waals surface area (Å²) in [4.78, 5) is 19.5. The molecule has 0 aromatic rings. The van der Waals surface area contributed by atoms with Gasteiger partial charge in [-0.1, -0.05) is 0 Å². The summed E-state index contributed by atoms with van der Waals surface area (Å²) in [6.45, 7) is 0.101. The van der Waals surface area contributed by atoms with E-state index in [0.717, 1.165) is 0 Å². The lowest BCUT2D eigenvalue weighted by Crippen LogP contribution is -2.20. The van der Waals surface area contributed by atoms with E-state index < -0.39 is 5.92 Å². The van der Waals surface area contributed by atoms with Gasteiger partial charge in [0.05, 0.1) is 6.07 Å². The van der Waals surface area contributed by atoms with Crippen molar-refractivity contribution in [2.75, 3.05) is 6.54 Å². The smallest absolute Gasteiger partial charge is 0.207 e. The Morgan fingerprint density at radius 1 is 1.67 bits per heavy atom. The minimum absolute atomic E-state index is 0.101. The third-order valence-corrected chi connectivity index (χ3v) is 0.751. The number of carbonyl (C=O) groups is 2. The Morgan fingerprint density at radius 3 is 2.67 bits per heavy atom. The molecule has 0 aromatic carbocycles. The van der Waals surface area contributed by atoms with E-state index in [1.54, 1.807) is 6.07 Å². The second-order valence-corrected chi connectivity index (χ2v) is 1.40. The summed E-state index contributed by atoms with van der Waals surface area (Å²) < 4.78 is 0. The number of amides is 1. The van der Waals surface area contributed by atoms with Crippen molar-refractivity contribution in [3.8, 4) is 6.07 Å². The molecule has 1 N–H and O–H groups in total. The van der Waals surface area contributed by atoms with E-state index in [0.29, 0.717) is 12.7 Å². The topological polar surface area (TPSA) is 70.0 Å². The Labute approximate surface area is 52.5 Å². The number of nitrogens with zero attached hydrogens (tertiary/aromatic N) is 1. The number of hydrogen-bond donors (Lipinski definition) is 1. The SMILES string of the molecule is N#CC(C=O)CNC=O. The first-order chi connectivity index (χ1) is 4.35. The van der Waals surface area contributed by atoms with Crippen LogP contribution >= 0.6 is 0 Å². The maximum atomic E-state index is 9.86. The molecule has 4 nitrogen and oxygen atoms in total. The van der Waals surface area contributed by atoms with Crippen LogP contribution in [-0.2, 0) is 9.59 Å². The van der Waals surface area contributed by atoms with Crippen LogP contribution in [-0.4, -0.2) is 19.2 Å². The van der Waals surface area contributed by atoms with Gasteiger partial charge in [-0.05, 0) is 0 Å². The molecule has 48 valence electrons. The summed E-state index contributed by atoms with van der Waals surface area (Å²) in [5.74, 6) is -0.713. The highest BCUT2D eigenvalue weighted by Gasteiger charge is 2.01. The molecule has 0 aliphatic rings. The average Bonchev–Trinajstić information content (AvgIpc) is 1.91. The van der Waals surface area contributed by atoms with Gasteiger partial charge in [-0.25, -0.2) is 0 Å². The molecule has 0 fully saturated rings. The van der Waals surface area contributed by atoms with E-state index in [1.807, 2.05) is 0 Å². The van der Waals surface area contributed by atoms with Gasteiger partial charge in [-0.3, -0.25) is 4.79 Å². The predicted molar refractivity (Wildman–Crippen MR) is 29.2 cm³/mol. The first-order valence-corrected chi connectivity index (χ1v) is 2.37. The third kappa shape index (κ3) is 3.23. The third-order valence-electron chi connectivity index (χ3n) is 0.751. The Balaban J connectivity index is 3.46. The zero-order chi connectivity index (χ0) is 7.11. The zero-order valence-corrected chi connectivity index (χ0v) is 4.70. The van der Waals surface area contributed by atoms with Gasteiger partial charge in [-0.15, -0.1) is 0 Å². The first kappa shape index (κ1) is 7.63. The van der Waals surface area contributed by atoms with Gasteiger partial charge in [0.2, 0.25) is 6.41 Å². The Bertz CT molecular complexity index is 138. The van der Waals surface area contributed by atoms with Crippen LogP contribution in [0.1, 0.15) is 0 Å². The molecule has 0 rings (SSSR count). The molecule has 0 bridgehead atoms. The van der Waals surface area contributed by atoms with Crippen molar-refractivity contribution in [2.45, 2.75) is 0 Å². The molecular formula is C5H6N2O2. The van der Waals surface area contributed by atoms with Crippen molar-refractivity contribution in [2.24, 2.45) is 5.92 Å². The summed E-state index contributed by atoms with van der Waals surface area (Å²) in [5, 5.41) is 10.3. The van der Waals surface area contributed by atoms with Gasteiger partial charge >= 0.3 is 0 Å². The van der Waals surface area contributed by atoms with Gasteiger partial charge < -0.3 is 10.1 Å². The number of rotatable bonds is 4. The van der Waals surface area contributed by atoms with Gasteiger partial charge in [0.15, 0.2) is 0 Å². The zero-order valence-electron chi connectivity index (χ0n) is 4.70. The highest BCUT2D eigenvalue weighted by atomic mass is 16.1. The number of hydrogen-bond acceptors (Lipinski definition) is 3. The van der Waals surface area contributed by atoms with Crippen LogP contribution in [0.4, 0.5) is 0 Å². The molecule has 1 unspecified atom stereocenters. The molecule has 9 heavy (non-hydrogen) atoms. The second kappa shape index (κ2) is 4.78. The van der Waals surface area contributed by atoms with Crippen molar-refractivity contribution in [1.29, 1.82) is 5.26 Å². The predicted octanol–water partition coefficient (Wildman–Crippen LogP) is -0.929. The van der Waals surface area contributed by atoms with E-state index in [4.69, 9.17) is 5.26 Å². The lowest BCUT2D eigenvalue weighted by molar-refractivity contribution is -0.111. The Morgan fingerprint density at radius 2 is 2.33 bits per heavy atom. The lowest BCUT2D eigenvalue weighted by atomic mass is 10.2. The van der Waals surface area contributed by atoms with Crippen molar-refractivity contribution in [1.82, 2.24) is 5.32 Å². The van der Waals surface area contributed by atoms with Gasteiger partial charge in [0, 0.05) is 6.54 Å². The van der Waals surface area contributed by atoms with Crippen LogP contribution < -0.4 is 5.32 Å². The number of carbonyl (C=O) groups excluding carboxylic acids is 2. The summed E-state index contributed by atoms with van der Waals surface area (Å²) in [5.41, 5.74) is 0. The molecule has 0 saturated heterocycles. The molecule has 0 aliphatic heterocycles. The Hall–Kier alpha value is -1.37. The molecule has 4 heteroatoms. The van der Waals surface area contributed by atoms with E-state index in [9.17, 15) is 9.59 Å². The van der Waals surface area contributed by atoms with Crippen molar-refractivity contribution < 1.29 is 9.59 Å². The standard InChI is InChI=1S/C5H6N2O2/c6-1-5(3-8)2-7-4-9/h3-5H,2H2,(H,7,9). The molecular weight excluding hydrogens is 120 g/mol. The summed E-state index contributed by atoms with van der Waals surface area (Å²) in [7, 11) is 0. The van der Waals surface area contributed by atoms with Crippen LogP contribution in [0.25, 0.3) is 0 Å². The van der Waals surface area contributed by atoms with Crippen molar-refractivity contribution in [3.05, 3.63) is 0 Å². The maximum Gasteiger partial charge on any atom is 0.207 e. The molecule has 0 heterocycles. The van der Waals surface area contributed by atoms with Gasteiger partial charge in [0.1, 0.15) is 12.2 Å². The van der Waals surface area contributed by atoms with Crippen LogP contribution in [0.2, 0.25) is 0 Å². The first-order valence-electron chi connectivity index (χ1n) is 2.37. The highest BCUT2D eigenvalue weighted by molar-refractivity contribution is 5.59. The van der Waals surface area contributed by atoms with Crippen LogP contribution in [0.5, 0.6) is 0 Å². The Kier molecular flexibility index (Phi) is 4.05. The van der Waals surface area contributed by atoms with Crippen molar-refractivity contribution in [3.63, 3.8) is 0 Å². The number of nitriles is 1. The highest BCUT2D eigenvalue weighted by Crippen LogP contribution is 1.82. The molecule has 1 atom stereocenters. The summed E-state index contributed by atoms with van der Waals surface area (Å²) in [6, 6.07) is 1.70. The fourth-order valence-electron chi connectivity index (χ4n) is 0.299. The molecule has 0 aromatic heterocycles. The fourth-order valence-corrected chi connectivity index (χ4v) is 0.299. The molecule has 1 amide bonds. The molecule has 0 aliphatic carbocycles. The van der Waals surface area contributed by atoms with Crippen LogP contribution in [0.3, 0.4) is 0 Å². The molecule has 0 radical (unpaired) electrons.